The molecular formula is C14H25N3S. The van der Waals surface area contributed by atoms with E-state index in [9.17, 15) is 0 Å². The van der Waals surface area contributed by atoms with Crippen LogP contribution in [0.1, 0.15) is 29.1 Å². The summed E-state index contributed by atoms with van der Waals surface area (Å²) in [6, 6.07) is 5.53. The molecule has 0 aromatic carbocycles. The second-order valence-electron chi connectivity index (χ2n) is 5.24. The largest absolute Gasteiger partial charge is 0.329 e. The van der Waals surface area contributed by atoms with E-state index in [1.165, 1.54) is 16.2 Å². The Balaban J connectivity index is 2.09. The average molecular weight is 267 g/mol. The molecule has 2 heterocycles. The minimum atomic E-state index is 0.409. The molecule has 0 aliphatic carbocycles. The maximum Gasteiger partial charge on any atom is 0.0565 e. The summed E-state index contributed by atoms with van der Waals surface area (Å²) in [7, 11) is 2.23. The molecule has 18 heavy (non-hydrogen) atoms. The molecule has 102 valence electrons. The van der Waals surface area contributed by atoms with Crippen LogP contribution in [0.4, 0.5) is 0 Å². The normalized spacial score (nSPS) is 24.3. The Hall–Kier alpha value is -0.420. The number of hydrogen-bond donors (Lipinski definition) is 1. The predicted molar refractivity (Wildman–Crippen MR) is 79.1 cm³/mol. The maximum absolute atomic E-state index is 6.02. The van der Waals surface area contributed by atoms with Gasteiger partial charge in [0.05, 0.1) is 6.04 Å². The molecule has 0 amide bonds. The Morgan fingerprint density at radius 3 is 2.78 bits per heavy atom. The number of aryl methyl sites for hydroxylation is 1. The van der Waals surface area contributed by atoms with Gasteiger partial charge in [-0.05, 0) is 32.5 Å². The Morgan fingerprint density at radius 2 is 2.22 bits per heavy atom. The predicted octanol–water partition coefficient (Wildman–Crippen LogP) is 2.08. The maximum atomic E-state index is 6.02. The minimum absolute atomic E-state index is 0.409. The van der Waals surface area contributed by atoms with E-state index in [1.807, 2.05) is 11.3 Å². The van der Waals surface area contributed by atoms with Crippen molar-refractivity contribution in [2.75, 3.05) is 33.2 Å². The summed E-state index contributed by atoms with van der Waals surface area (Å²) in [5.41, 5.74) is 6.02. The smallest absolute Gasteiger partial charge is 0.0565 e. The third kappa shape index (κ3) is 2.94. The number of thiophene rings is 1. The lowest BCUT2D eigenvalue weighted by atomic mass is 10.1. The molecule has 0 radical (unpaired) electrons. The van der Waals surface area contributed by atoms with Gasteiger partial charge in [-0.25, -0.2) is 0 Å². The van der Waals surface area contributed by atoms with Crippen molar-refractivity contribution in [3.8, 4) is 0 Å². The van der Waals surface area contributed by atoms with Gasteiger partial charge in [0.15, 0.2) is 0 Å². The van der Waals surface area contributed by atoms with Crippen LogP contribution >= 0.6 is 11.3 Å². The highest BCUT2D eigenvalue weighted by Gasteiger charge is 2.28. The number of piperazine rings is 1. The monoisotopic (exact) mass is 267 g/mol. The first-order valence-electron chi connectivity index (χ1n) is 6.86. The zero-order valence-electron chi connectivity index (χ0n) is 11.7. The topological polar surface area (TPSA) is 32.5 Å². The Morgan fingerprint density at radius 1 is 1.44 bits per heavy atom. The third-order valence-corrected chi connectivity index (χ3v) is 5.14. The minimum Gasteiger partial charge on any atom is -0.329 e. The van der Waals surface area contributed by atoms with Crippen molar-refractivity contribution in [2.45, 2.75) is 32.4 Å². The Labute approximate surface area is 115 Å². The van der Waals surface area contributed by atoms with Crippen molar-refractivity contribution < 1.29 is 0 Å². The molecule has 0 saturated carbocycles. The molecule has 3 nitrogen and oxygen atoms in total. The van der Waals surface area contributed by atoms with E-state index in [1.54, 1.807) is 0 Å². The van der Waals surface area contributed by atoms with Crippen LogP contribution in [0, 0.1) is 6.92 Å². The van der Waals surface area contributed by atoms with Crippen LogP contribution in [0.2, 0.25) is 0 Å². The first kappa shape index (κ1) is 14.0. The second kappa shape index (κ2) is 6.15. The van der Waals surface area contributed by atoms with E-state index in [4.69, 9.17) is 5.73 Å². The lowest BCUT2D eigenvalue weighted by molar-refractivity contribution is 0.0654. The van der Waals surface area contributed by atoms with Gasteiger partial charge in [0.25, 0.3) is 0 Å². The van der Waals surface area contributed by atoms with E-state index in [-0.39, 0.29) is 0 Å². The standard InChI is InChI=1S/C14H25N3S/c1-4-12-10-17(8-7-16(12)3)13(9-15)14-6-5-11(2)18-14/h5-6,12-13H,4,7-10,15H2,1-3H3. The first-order chi connectivity index (χ1) is 8.65. The summed E-state index contributed by atoms with van der Waals surface area (Å²) >= 11 is 1.89. The molecule has 1 fully saturated rings. The van der Waals surface area contributed by atoms with E-state index in [0.29, 0.717) is 12.1 Å². The van der Waals surface area contributed by atoms with Gasteiger partial charge in [-0.1, -0.05) is 6.92 Å². The highest BCUT2D eigenvalue weighted by molar-refractivity contribution is 7.12. The van der Waals surface area contributed by atoms with E-state index in [0.717, 1.165) is 26.2 Å². The van der Waals surface area contributed by atoms with Gasteiger partial charge < -0.3 is 10.6 Å². The fourth-order valence-corrected chi connectivity index (χ4v) is 3.80. The second-order valence-corrected chi connectivity index (χ2v) is 6.56. The zero-order chi connectivity index (χ0) is 13.1. The third-order valence-electron chi connectivity index (χ3n) is 4.03. The molecule has 2 N–H and O–H groups in total. The molecule has 0 spiro atoms. The van der Waals surface area contributed by atoms with Gasteiger partial charge in [0.1, 0.15) is 0 Å². The van der Waals surface area contributed by atoms with Crippen LogP contribution in [0.5, 0.6) is 0 Å². The van der Waals surface area contributed by atoms with Gasteiger partial charge >= 0.3 is 0 Å². The van der Waals surface area contributed by atoms with Gasteiger partial charge in [0.2, 0.25) is 0 Å². The van der Waals surface area contributed by atoms with Gasteiger partial charge in [-0.3, -0.25) is 4.90 Å². The molecule has 4 heteroatoms. The molecule has 2 rings (SSSR count). The van der Waals surface area contributed by atoms with Gasteiger partial charge in [-0.2, -0.15) is 0 Å². The summed E-state index contributed by atoms with van der Waals surface area (Å²) in [4.78, 5) is 7.85. The van der Waals surface area contributed by atoms with Gasteiger partial charge in [0, 0.05) is 42.0 Å². The molecule has 0 bridgehead atoms. The van der Waals surface area contributed by atoms with Crippen LogP contribution in [0.15, 0.2) is 12.1 Å². The molecule has 1 aliphatic rings. The number of hydrogen-bond acceptors (Lipinski definition) is 4. The summed E-state index contributed by atoms with van der Waals surface area (Å²) in [6.45, 7) is 8.59. The van der Waals surface area contributed by atoms with Crippen LogP contribution in [-0.2, 0) is 0 Å². The fraction of sp³-hybridized carbons (Fsp3) is 0.714. The number of likely N-dealkylation sites (N-methyl/N-ethyl adjacent to an activating group) is 1. The Bertz CT molecular complexity index is 377. The van der Waals surface area contributed by atoms with E-state index in [2.05, 4.69) is 42.8 Å². The quantitative estimate of drug-likeness (QED) is 0.906. The fourth-order valence-electron chi connectivity index (χ4n) is 2.77. The van der Waals surface area contributed by atoms with Crippen molar-refractivity contribution in [2.24, 2.45) is 5.73 Å². The SMILES string of the molecule is CCC1CN(C(CN)c2ccc(C)s2)CCN1C. The number of rotatable bonds is 4. The first-order valence-corrected chi connectivity index (χ1v) is 7.68. The van der Waals surface area contributed by atoms with Crippen molar-refractivity contribution in [3.63, 3.8) is 0 Å². The van der Waals surface area contributed by atoms with Crippen LogP contribution in [0.25, 0.3) is 0 Å². The molecule has 1 aromatic heterocycles. The lowest BCUT2D eigenvalue weighted by Gasteiger charge is -2.42. The molecule has 1 aliphatic heterocycles. The van der Waals surface area contributed by atoms with E-state index < -0.39 is 0 Å². The van der Waals surface area contributed by atoms with Gasteiger partial charge in [-0.15, -0.1) is 11.3 Å². The number of nitrogens with zero attached hydrogens (tertiary/aromatic N) is 2. The summed E-state index contributed by atoms with van der Waals surface area (Å²) < 4.78 is 0. The van der Waals surface area contributed by atoms with Crippen LogP contribution in [-0.4, -0.2) is 49.1 Å². The highest BCUT2D eigenvalue weighted by Crippen LogP contribution is 2.28. The molecule has 2 atom stereocenters. The van der Waals surface area contributed by atoms with E-state index >= 15 is 0 Å². The van der Waals surface area contributed by atoms with Crippen molar-refractivity contribution >= 4 is 11.3 Å². The average Bonchev–Trinajstić information content (AvgIpc) is 2.79. The van der Waals surface area contributed by atoms with Crippen LogP contribution < -0.4 is 5.73 Å². The van der Waals surface area contributed by atoms with Crippen molar-refractivity contribution in [1.82, 2.24) is 9.80 Å². The Kier molecular flexibility index (Phi) is 4.78. The lowest BCUT2D eigenvalue weighted by Crippen LogP contribution is -2.52. The highest BCUT2D eigenvalue weighted by atomic mass is 32.1. The molecule has 1 aromatic rings. The van der Waals surface area contributed by atoms with Crippen molar-refractivity contribution in [3.05, 3.63) is 21.9 Å². The summed E-state index contributed by atoms with van der Waals surface area (Å²) in [5.74, 6) is 0. The molecule has 1 saturated heterocycles. The zero-order valence-corrected chi connectivity index (χ0v) is 12.5. The van der Waals surface area contributed by atoms with Crippen molar-refractivity contribution in [1.29, 1.82) is 0 Å². The number of nitrogens with two attached hydrogens (primary N) is 1. The molecular weight excluding hydrogens is 242 g/mol. The summed E-state index contributed by atoms with van der Waals surface area (Å²) in [6.07, 6.45) is 1.22. The summed E-state index contributed by atoms with van der Waals surface area (Å²) in [5, 5.41) is 0. The molecule has 2 unspecified atom stereocenters. The van der Waals surface area contributed by atoms with Crippen LogP contribution in [0.3, 0.4) is 0 Å².